The van der Waals surface area contributed by atoms with Gasteiger partial charge in [-0.3, -0.25) is 24.1 Å². The molecule has 2 heterocycles. The molecule has 0 bridgehead atoms. The van der Waals surface area contributed by atoms with Crippen LogP contribution in [0.2, 0.25) is 0 Å². The van der Waals surface area contributed by atoms with Crippen molar-refractivity contribution < 1.29 is 28.7 Å². The lowest BCUT2D eigenvalue weighted by Crippen LogP contribution is -2.29. The summed E-state index contributed by atoms with van der Waals surface area (Å²) in [7, 11) is 1.46. The van der Waals surface area contributed by atoms with Crippen LogP contribution in [-0.2, 0) is 6.42 Å². The summed E-state index contributed by atoms with van der Waals surface area (Å²) in [6.07, 6.45) is 0.428. The third kappa shape index (κ3) is 5.09. The Morgan fingerprint density at radius 1 is 0.522 bits per heavy atom. The van der Waals surface area contributed by atoms with Gasteiger partial charge in [0.2, 0.25) is 0 Å². The molecule has 2 aliphatic heterocycles. The van der Waals surface area contributed by atoms with Gasteiger partial charge in [0.05, 0.1) is 27.9 Å². The van der Waals surface area contributed by atoms with Gasteiger partial charge < -0.3 is 9.47 Å². The van der Waals surface area contributed by atoms with Crippen LogP contribution in [0.1, 0.15) is 63.7 Å². The standard InChI is InChI=1S/C38H28N2O6/c1-22-4-10-27(11-5-22)45-29-14-17-34(23(2)18-29)46-28-12-8-26(9-13-28)40-37(43)31-16-7-25(21-33(31)38(40)44)19-24-6-15-30-32(20-24)36(42)39(3)35(30)41/h4-18,20-21H,19H2,1-3H3. The smallest absolute Gasteiger partial charge is 0.266 e. The molecular weight excluding hydrogens is 580 g/mol. The first-order chi connectivity index (χ1) is 22.2. The molecule has 0 aromatic heterocycles. The Labute approximate surface area is 265 Å². The van der Waals surface area contributed by atoms with E-state index in [2.05, 4.69) is 0 Å². The fraction of sp³-hybridized carbons (Fsp3) is 0.105. The number of anilines is 1. The first-order valence-electron chi connectivity index (χ1n) is 14.8. The molecule has 226 valence electrons. The molecule has 7 rings (SSSR count). The molecule has 2 aliphatic rings. The number of imide groups is 2. The van der Waals surface area contributed by atoms with Crippen LogP contribution in [0.5, 0.6) is 23.0 Å². The average molecular weight is 609 g/mol. The molecule has 0 aliphatic carbocycles. The molecule has 0 unspecified atom stereocenters. The van der Waals surface area contributed by atoms with E-state index < -0.39 is 11.8 Å². The average Bonchev–Trinajstić information content (AvgIpc) is 3.43. The normalized spacial score (nSPS) is 13.7. The molecule has 46 heavy (non-hydrogen) atoms. The summed E-state index contributed by atoms with van der Waals surface area (Å²) < 4.78 is 12.0. The molecule has 8 nitrogen and oxygen atoms in total. The number of carbonyl (C=O) groups excluding carboxylic acids is 4. The van der Waals surface area contributed by atoms with Crippen LogP contribution in [0.4, 0.5) is 5.69 Å². The fourth-order valence-corrected chi connectivity index (χ4v) is 5.72. The Kier molecular flexibility index (Phi) is 6.97. The number of benzene rings is 5. The van der Waals surface area contributed by atoms with Crippen LogP contribution in [0, 0.1) is 13.8 Å². The maximum absolute atomic E-state index is 13.5. The minimum atomic E-state index is -0.410. The van der Waals surface area contributed by atoms with Crippen molar-refractivity contribution in [2.24, 2.45) is 0 Å². The maximum atomic E-state index is 13.5. The molecule has 0 saturated carbocycles. The summed E-state index contributed by atoms with van der Waals surface area (Å²) in [5.41, 5.74) is 5.51. The number of hydrogen-bond acceptors (Lipinski definition) is 6. The minimum absolute atomic E-state index is 0.318. The van der Waals surface area contributed by atoms with Crippen molar-refractivity contribution in [2.75, 3.05) is 11.9 Å². The zero-order chi connectivity index (χ0) is 32.1. The highest BCUT2D eigenvalue weighted by Crippen LogP contribution is 2.34. The number of amides is 4. The summed E-state index contributed by atoms with van der Waals surface area (Å²) in [6, 6.07) is 30.6. The van der Waals surface area contributed by atoms with E-state index >= 15 is 0 Å². The van der Waals surface area contributed by atoms with Gasteiger partial charge in [-0.1, -0.05) is 29.8 Å². The molecule has 5 aromatic rings. The Balaban J connectivity index is 1.04. The lowest BCUT2D eigenvalue weighted by atomic mass is 9.98. The molecule has 8 heteroatoms. The largest absolute Gasteiger partial charge is 0.457 e. The third-order valence-electron chi connectivity index (χ3n) is 8.24. The number of nitrogens with zero attached hydrogens (tertiary/aromatic N) is 2. The molecule has 0 saturated heterocycles. The molecule has 0 radical (unpaired) electrons. The highest BCUT2D eigenvalue weighted by molar-refractivity contribution is 6.34. The zero-order valence-electron chi connectivity index (χ0n) is 25.4. The number of hydrogen-bond donors (Lipinski definition) is 0. The van der Waals surface area contributed by atoms with Gasteiger partial charge in [0.15, 0.2) is 0 Å². The molecule has 0 fully saturated rings. The van der Waals surface area contributed by atoms with Gasteiger partial charge in [-0.25, -0.2) is 4.90 Å². The van der Waals surface area contributed by atoms with Gasteiger partial charge in [0.1, 0.15) is 23.0 Å². The van der Waals surface area contributed by atoms with E-state index in [1.807, 2.05) is 56.3 Å². The van der Waals surface area contributed by atoms with E-state index in [1.165, 1.54) is 7.05 Å². The van der Waals surface area contributed by atoms with Crippen molar-refractivity contribution in [1.82, 2.24) is 4.90 Å². The lowest BCUT2D eigenvalue weighted by molar-refractivity contribution is 0.0692. The SMILES string of the molecule is Cc1ccc(Oc2ccc(Oc3ccc(N4C(=O)c5ccc(Cc6ccc7c(c6)C(=O)N(C)C7=O)cc5C4=O)cc3)c(C)c2)cc1. The van der Waals surface area contributed by atoms with Gasteiger partial charge >= 0.3 is 0 Å². The summed E-state index contributed by atoms with van der Waals surface area (Å²) >= 11 is 0. The first kappa shape index (κ1) is 28.7. The van der Waals surface area contributed by atoms with E-state index in [9.17, 15) is 19.2 Å². The first-order valence-corrected chi connectivity index (χ1v) is 14.8. The lowest BCUT2D eigenvalue weighted by Gasteiger charge is -2.15. The topological polar surface area (TPSA) is 93.2 Å². The number of carbonyl (C=O) groups is 4. The fourth-order valence-electron chi connectivity index (χ4n) is 5.72. The Bertz CT molecular complexity index is 2080. The number of fused-ring (bicyclic) bond motifs is 2. The molecule has 5 aromatic carbocycles. The van der Waals surface area contributed by atoms with Crippen LogP contribution < -0.4 is 14.4 Å². The van der Waals surface area contributed by atoms with Crippen LogP contribution in [0.15, 0.2) is 103 Å². The highest BCUT2D eigenvalue weighted by atomic mass is 16.5. The monoisotopic (exact) mass is 608 g/mol. The van der Waals surface area contributed by atoms with Gasteiger partial charge in [-0.05, 0) is 116 Å². The predicted molar refractivity (Wildman–Crippen MR) is 172 cm³/mol. The summed E-state index contributed by atoms with van der Waals surface area (Å²) in [5, 5.41) is 0. The number of rotatable bonds is 7. The van der Waals surface area contributed by atoms with Crippen molar-refractivity contribution in [3.63, 3.8) is 0 Å². The van der Waals surface area contributed by atoms with E-state index in [1.54, 1.807) is 60.7 Å². The van der Waals surface area contributed by atoms with E-state index in [0.29, 0.717) is 51.6 Å². The predicted octanol–water partition coefficient (Wildman–Crippen LogP) is 7.51. The number of ether oxygens (including phenoxy) is 2. The molecule has 0 spiro atoms. The van der Waals surface area contributed by atoms with Gasteiger partial charge in [0.25, 0.3) is 23.6 Å². The summed E-state index contributed by atoms with van der Waals surface area (Å²) in [4.78, 5) is 53.7. The van der Waals surface area contributed by atoms with Crippen LogP contribution in [0.3, 0.4) is 0 Å². The molecule has 0 N–H and O–H groups in total. The van der Waals surface area contributed by atoms with E-state index in [0.717, 1.165) is 37.8 Å². The van der Waals surface area contributed by atoms with Crippen LogP contribution in [-0.4, -0.2) is 35.6 Å². The molecule has 0 atom stereocenters. The van der Waals surface area contributed by atoms with Gasteiger partial charge in [-0.15, -0.1) is 0 Å². The molecule has 4 amide bonds. The second-order valence-corrected chi connectivity index (χ2v) is 11.5. The molecular formula is C38H28N2O6. The Hall–Kier alpha value is -6.02. The Morgan fingerprint density at radius 3 is 1.70 bits per heavy atom. The zero-order valence-corrected chi connectivity index (χ0v) is 25.4. The van der Waals surface area contributed by atoms with Crippen molar-refractivity contribution in [2.45, 2.75) is 20.3 Å². The maximum Gasteiger partial charge on any atom is 0.266 e. The van der Waals surface area contributed by atoms with Crippen molar-refractivity contribution in [3.8, 4) is 23.0 Å². The summed E-state index contributed by atoms with van der Waals surface area (Å²) in [5.74, 6) is 1.20. The number of aryl methyl sites for hydroxylation is 2. The van der Waals surface area contributed by atoms with Crippen molar-refractivity contribution >= 4 is 29.3 Å². The second kappa shape index (κ2) is 11.2. The van der Waals surface area contributed by atoms with E-state index in [-0.39, 0.29) is 11.8 Å². The Morgan fingerprint density at radius 2 is 1.04 bits per heavy atom. The van der Waals surface area contributed by atoms with E-state index in [4.69, 9.17) is 9.47 Å². The van der Waals surface area contributed by atoms with Crippen molar-refractivity contribution in [3.05, 3.63) is 148 Å². The highest BCUT2D eigenvalue weighted by Gasteiger charge is 2.37. The van der Waals surface area contributed by atoms with Crippen LogP contribution >= 0.6 is 0 Å². The third-order valence-corrected chi connectivity index (χ3v) is 8.24. The van der Waals surface area contributed by atoms with Gasteiger partial charge in [0, 0.05) is 7.05 Å². The minimum Gasteiger partial charge on any atom is -0.457 e. The quantitative estimate of drug-likeness (QED) is 0.178. The van der Waals surface area contributed by atoms with Crippen molar-refractivity contribution in [1.29, 1.82) is 0 Å². The second-order valence-electron chi connectivity index (χ2n) is 11.5. The van der Waals surface area contributed by atoms with Crippen LogP contribution in [0.25, 0.3) is 0 Å². The summed E-state index contributed by atoms with van der Waals surface area (Å²) in [6.45, 7) is 3.96. The van der Waals surface area contributed by atoms with Gasteiger partial charge in [-0.2, -0.15) is 0 Å².